The van der Waals surface area contributed by atoms with Crippen LogP contribution in [0.4, 0.5) is 0 Å². The van der Waals surface area contributed by atoms with Crippen LogP contribution >= 0.6 is 0 Å². The van der Waals surface area contributed by atoms with E-state index in [1.54, 1.807) is 11.0 Å². The number of rotatable bonds is 4. The SMILES string of the molecule is CC(C)CN1CCc2[nH]cnc2C12CCN(C(=O)C(C)n1cncn1)CC2. The van der Waals surface area contributed by atoms with Crippen LogP contribution in [-0.2, 0) is 16.8 Å². The molecule has 1 saturated heterocycles. The lowest BCUT2D eigenvalue weighted by Crippen LogP contribution is -2.58. The predicted octanol–water partition coefficient (Wildman–Crippen LogP) is 1.59. The summed E-state index contributed by atoms with van der Waals surface area (Å²) in [5, 5.41) is 4.12. The molecule has 146 valence electrons. The summed E-state index contributed by atoms with van der Waals surface area (Å²) in [4.78, 5) is 29.5. The molecule has 4 rings (SSSR count). The summed E-state index contributed by atoms with van der Waals surface area (Å²) in [6.07, 6.45) is 7.78. The molecule has 0 aromatic carbocycles. The van der Waals surface area contributed by atoms with Crippen molar-refractivity contribution < 1.29 is 4.79 Å². The van der Waals surface area contributed by atoms with Crippen LogP contribution in [0.15, 0.2) is 19.0 Å². The second kappa shape index (κ2) is 7.07. The lowest BCUT2D eigenvalue weighted by molar-refractivity contribution is -0.138. The van der Waals surface area contributed by atoms with Crippen molar-refractivity contribution in [2.24, 2.45) is 5.92 Å². The number of carbonyl (C=O) groups is 1. The van der Waals surface area contributed by atoms with Gasteiger partial charge in [-0.2, -0.15) is 5.10 Å². The molecule has 0 aliphatic carbocycles. The number of carbonyl (C=O) groups excluding carboxylic acids is 1. The lowest BCUT2D eigenvalue weighted by Gasteiger charge is -2.51. The number of nitrogens with one attached hydrogen (secondary N) is 1. The van der Waals surface area contributed by atoms with Gasteiger partial charge in [-0.25, -0.2) is 14.6 Å². The summed E-state index contributed by atoms with van der Waals surface area (Å²) in [6.45, 7) is 10.0. The number of H-pyrrole nitrogens is 1. The highest BCUT2D eigenvalue weighted by atomic mass is 16.2. The van der Waals surface area contributed by atoms with Gasteiger partial charge < -0.3 is 9.88 Å². The summed E-state index contributed by atoms with van der Waals surface area (Å²) in [7, 11) is 0. The quantitative estimate of drug-likeness (QED) is 0.883. The number of hydrogen-bond acceptors (Lipinski definition) is 5. The van der Waals surface area contributed by atoms with E-state index in [4.69, 9.17) is 4.98 Å². The van der Waals surface area contributed by atoms with Gasteiger partial charge in [0, 0.05) is 38.3 Å². The van der Waals surface area contributed by atoms with Gasteiger partial charge in [0.1, 0.15) is 18.7 Å². The second-order valence-electron chi connectivity index (χ2n) is 8.23. The Morgan fingerprint density at radius 3 is 2.70 bits per heavy atom. The molecule has 2 aromatic heterocycles. The van der Waals surface area contributed by atoms with Gasteiger partial charge >= 0.3 is 0 Å². The van der Waals surface area contributed by atoms with E-state index in [1.807, 2.05) is 18.2 Å². The molecule has 0 bridgehead atoms. The van der Waals surface area contributed by atoms with Crippen LogP contribution < -0.4 is 0 Å². The smallest absolute Gasteiger partial charge is 0.247 e. The van der Waals surface area contributed by atoms with Gasteiger partial charge in [-0.15, -0.1) is 0 Å². The molecule has 2 aliphatic rings. The number of amides is 1. The Hall–Kier alpha value is -2.22. The monoisotopic (exact) mass is 371 g/mol. The fraction of sp³-hybridized carbons (Fsp3) is 0.684. The molecule has 1 N–H and O–H groups in total. The molecule has 1 amide bonds. The van der Waals surface area contributed by atoms with E-state index < -0.39 is 0 Å². The maximum Gasteiger partial charge on any atom is 0.247 e. The third-order valence-electron chi connectivity index (χ3n) is 6.07. The number of aromatic amines is 1. The first-order valence-corrected chi connectivity index (χ1v) is 9.92. The minimum atomic E-state index is -0.319. The van der Waals surface area contributed by atoms with Gasteiger partial charge in [0.2, 0.25) is 5.91 Å². The van der Waals surface area contributed by atoms with E-state index >= 15 is 0 Å². The Labute approximate surface area is 160 Å². The molecule has 1 fully saturated rings. The molecule has 8 heteroatoms. The van der Waals surface area contributed by atoms with E-state index in [9.17, 15) is 4.79 Å². The highest BCUT2D eigenvalue weighted by Gasteiger charge is 2.47. The molecular weight excluding hydrogens is 342 g/mol. The molecule has 0 saturated carbocycles. The van der Waals surface area contributed by atoms with Crippen LogP contribution in [0.3, 0.4) is 0 Å². The molecule has 1 unspecified atom stereocenters. The summed E-state index contributed by atoms with van der Waals surface area (Å²) in [5.41, 5.74) is 2.42. The van der Waals surface area contributed by atoms with Crippen molar-refractivity contribution in [3.05, 3.63) is 30.4 Å². The van der Waals surface area contributed by atoms with Gasteiger partial charge in [-0.3, -0.25) is 9.69 Å². The fourth-order valence-corrected chi connectivity index (χ4v) is 4.67. The molecule has 8 nitrogen and oxygen atoms in total. The average Bonchev–Trinajstić information content (AvgIpc) is 3.35. The first-order valence-electron chi connectivity index (χ1n) is 9.92. The van der Waals surface area contributed by atoms with E-state index in [0.29, 0.717) is 5.92 Å². The Kier molecular flexibility index (Phi) is 4.75. The van der Waals surface area contributed by atoms with Gasteiger partial charge in [-0.1, -0.05) is 13.8 Å². The Morgan fingerprint density at radius 2 is 2.04 bits per heavy atom. The van der Waals surface area contributed by atoms with Crippen molar-refractivity contribution in [3.63, 3.8) is 0 Å². The maximum absolute atomic E-state index is 12.9. The van der Waals surface area contributed by atoms with Crippen molar-refractivity contribution in [2.45, 2.75) is 51.6 Å². The zero-order chi connectivity index (χ0) is 19.0. The second-order valence-corrected chi connectivity index (χ2v) is 8.23. The highest BCUT2D eigenvalue weighted by Crippen LogP contribution is 2.42. The molecule has 0 radical (unpaired) electrons. The van der Waals surface area contributed by atoms with Crippen LogP contribution in [0.25, 0.3) is 0 Å². The maximum atomic E-state index is 12.9. The van der Waals surface area contributed by atoms with Crippen molar-refractivity contribution in [1.82, 2.24) is 34.5 Å². The number of hydrogen-bond donors (Lipinski definition) is 1. The molecule has 2 aromatic rings. The number of imidazole rings is 1. The number of likely N-dealkylation sites (tertiary alicyclic amines) is 1. The Bertz CT molecular complexity index is 774. The Balaban J connectivity index is 1.53. The van der Waals surface area contributed by atoms with E-state index in [0.717, 1.165) is 45.4 Å². The zero-order valence-electron chi connectivity index (χ0n) is 16.4. The standard InChI is InChI=1S/C19H29N7O/c1-14(2)10-25-7-4-16-17(22-12-21-16)19(25)5-8-24(9-6-19)18(27)15(3)26-13-20-11-23-26/h11-15H,4-10H2,1-3H3,(H,21,22). The van der Waals surface area contributed by atoms with Crippen molar-refractivity contribution in [2.75, 3.05) is 26.2 Å². The Morgan fingerprint density at radius 1 is 1.26 bits per heavy atom. The number of nitrogens with zero attached hydrogens (tertiary/aromatic N) is 6. The molecule has 27 heavy (non-hydrogen) atoms. The van der Waals surface area contributed by atoms with Gasteiger partial charge in [0.05, 0.1) is 17.6 Å². The van der Waals surface area contributed by atoms with Crippen molar-refractivity contribution >= 4 is 5.91 Å². The first-order chi connectivity index (χ1) is 13.0. The fourth-order valence-electron chi connectivity index (χ4n) is 4.67. The zero-order valence-corrected chi connectivity index (χ0v) is 16.4. The first kappa shape index (κ1) is 18.2. The molecular formula is C19H29N7O. The van der Waals surface area contributed by atoms with Gasteiger partial charge in [0.25, 0.3) is 0 Å². The van der Waals surface area contributed by atoms with E-state index in [-0.39, 0.29) is 17.5 Å². The number of aromatic nitrogens is 5. The highest BCUT2D eigenvalue weighted by molar-refractivity contribution is 5.80. The predicted molar refractivity (Wildman–Crippen MR) is 101 cm³/mol. The van der Waals surface area contributed by atoms with Gasteiger partial charge in [0.15, 0.2) is 0 Å². The normalized spacial score (nSPS) is 20.8. The van der Waals surface area contributed by atoms with Crippen LogP contribution in [0, 0.1) is 5.92 Å². The topological polar surface area (TPSA) is 82.9 Å². The third kappa shape index (κ3) is 3.16. The van der Waals surface area contributed by atoms with E-state index in [1.165, 1.54) is 17.7 Å². The third-order valence-corrected chi connectivity index (χ3v) is 6.07. The molecule has 4 heterocycles. The summed E-state index contributed by atoms with van der Waals surface area (Å²) >= 11 is 0. The van der Waals surface area contributed by atoms with Crippen molar-refractivity contribution in [1.29, 1.82) is 0 Å². The molecule has 2 aliphatic heterocycles. The minimum Gasteiger partial charge on any atom is -0.348 e. The van der Waals surface area contributed by atoms with Crippen molar-refractivity contribution in [3.8, 4) is 0 Å². The van der Waals surface area contributed by atoms with Crippen LogP contribution in [-0.4, -0.2) is 66.6 Å². The van der Waals surface area contributed by atoms with Crippen LogP contribution in [0.1, 0.15) is 51.0 Å². The summed E-state index contributed by atoms with van der Waals surface area (Å²) < 4.78 is 1.63. The lowest BCUT2D eigenvalue weighted by atomic mass is 9.78. The number of fused-ring (bicyclic) bond motifs is 2. The number of piperidine rings is 1. The summed E-state index contributed by atoms with van der Waals surface area (Å²) in [6, 6.07) is -0.319. The minimum absolute atomic E-state index is 0.0505. The van der Waals surface area contributed by atoms with Gasteiger partial charge in [-0.05, 0) is 25.7 Å². The summed E-state index contributed by atoms with van der Waals surface area (Å²) in [5.74, 6) is 0.721. The van der Waals surface area contributed by atoms with E-state index in [2.05, 4.69) is 33.8 Å². The largest absolute Gasteiger partial charge is 0.348 e. The van der Waals surface area contributed by atoms with Crippen LogP contribution in [0.5, 0.6) is 0 Å². The average molecular weight is 371 g/mol. The molecule has 1 atom stereocenters. The van der Waals surface area contributed by atoms with Crippen LogP contribution in [0.2, 0.25) is 0 Å². The molecule has 1 spiro atoms.